The molecule has 96 valence electrons. The van der Waals surface area contributed by atoms with Crippen molar-refractivity contribution in [3.05, 3.63) is 46.4 Å². The van der Waals surface area contributed by atoms with Crippen LogP contribution in [0.1, 0.15) is 5.56 Å². The number of halogens is 1. The number of benzene rings is 2. The molecule has 5 heteroatoms. The largest absolute Gasteiger partial charge is 0.497 e. The Kier molecular flexibility index (Phi) is 2.98. The van der Waals surface area contributed by atoms with Crippen molar-refractivity contribution in [2.24, 2.45) is 0 Å². The standard InChI is InChI=1S/C14H12BrN3O/c1-9-7-13-14(8-12(9)15)17-18(16-13)10-3-5-11(19-2)6-4-10/h3-8H,1-2H3. The predicted octanol–water partition coefficient (Wildman–Crippen LogP) is 3.50. The summed E-state index contributed by atoms with van der Waals surface area (Å²) in [5, 5.41) is 8.96. The van der Waals surface area contributed by atoms with Crippen LogP contribution in [0.3, 0.4) is 0 Å². The summed E-state index contributed by atoms with van der Waals surface area (Å²) in [5.74, 6) is 0.819. The molecule has 0 unspecified atom stereocenters. The molecule has 3 rings (SSSR count). The second-order valence-electron chi connectivity index (χ2n) is 4.28. The van der Waals surface area contributed by atoms with Gasteiger partial charge in [0.1, 0.15) is 16.8 Å². The van der Waals surface area contributed by atoms with Crippen LogP contribution in [0.2, 0.25) is 0 Å². The number of hydrogen-bond donors (Lipinski definition) is 0. The van der Waals surface area contributed by atoms with E-state index in [4.69, 9.17) is 4.74 Å². The van der Waals surface area contributed by atoms with Gasteiger partial charge in [-0.05, 0) is 48.9 Å². The molecular formula is C14H12BrN3O. The molecule has 0 atom stereocenters. The average molecular weight is 318 g/mol. The van der Waals surface area contributed by atoms with E-state index >= 15 is 0 Å². The monoisotopic (exact) mass is 317 g/mol. The van der Waals surface area contributed by atoms with E-state index in [9.17, 15) is 0 Å². The highest BCUT2D eigenvalue weighted by Crippen LogP contribution is 2.22. The Balaban J connectivity index is 2.09. The Hall–Kier alpha value is -1.88. The lowest BCUT2D eigenvalue weighted by atomic mass is 10.2. The Morgan fingerprint density at radius 2 is 1.68 bits per heavy atom. The number of nitrogens with zero attached hydrogens (tertiary/aromatic N) is 3. The van der Waals surface area contributed by atoms with Crippen molar-refractivity contribution in [3.63, 3.8) is 0 Å². The molecule has 0 amide bonds. The third-order valence-electron chi connectivity index (χ3n) is 2.96. The third kappa shape index (κ3) is 2.21. The van der Waals surface area contributed by atoms with Gasteiger partial charge in [-0.1, -0.05) is 15.9 Å². The first kappa shape index (κ1) is 12.2. The van der Waals surface area contributed by atoms with Crippen molar-refractivity contribution >= 4 is 27.0 Å². The van der Waals surface area contributed by atoms with E-state index in [-0.39, 0.29) is 0 Å². The van der Waals surface area contributed by atoms with Gasteiger partial charge in [-0.15, -0.1) is 10.2 Å². The second kappa shape index (κ2) is 4.66. The summed E-state index contributed by atoms with van der Waals surface area (Å²) >= 11 is 3.51. The van der Waals surface area contributed by atoms with Crippen molar-refractivity contribution in [1.29, 1.82) is 0 Å². The fraction of sp³-hybridized carbons (Fsp3) is 0.143. The lowest BCUT2D eigenvalue weighted by Gasteiger charge is -2.01. The van der Waals surface area contributed by atoms with E-state index in [2.05, 4.69) is 26.1 Å². The Morgan fingerprint density at radius 1 is 1.05 bits per heavy atom. The molecule has 0 N–H and O–H groups in total. The van der Waals surface area contributed by atoms with E-state index in [1.165, 1.54) is 0 Å². The lowest BCUT2D eigenvalue weighted by molar-refractivity contribution is 0.414. The van der Waals surface area contributed by atoms with Crippen molar-refractivity contribution < 1.29 is 4.74 Å². The van der Waals surface area contributed by atoms with Gasteiger partial charge >= 0.3 is 0 Å². The van der Waals surface area contributed by atoms with Gasteiger partial charge in [-0.2, -0.15) is 4.80 Å². The molecule has 0 aliphatic rings. The van der Waals surface area contributed by atoms with Gasteiger partial charge in [0.25, 0.3) is 0 Å². The highest BCUT2D eigenvalue weighted by molar-refractivity contribution is 9.10. The number of ether oxygens (including phenoxy) is 1. The number of methoxy groups -OCH3 is 1. The fourth-order valence-corrected chi connectivity index (χ4v) is 2.20. The van der Waals surface area contributed by atoms with Crippen molar-refractivity contribution in [1.82, 2.24) is 15.0 Å². The molecule has 2 aromatic carbocycles. The Morgan fingerprint density at radius 3 is 2.32 bits per heavy atom. The molecule has 0 fully saturated rings. The van der Waals surface area contributed by atoms with E-state index < -0.39 is 0 Å². The molecule has 0 saturated heterocycles. The minimum atomic E-state index is 0.819. The maximum absolute atomic E-state index is 5.14. The van der Waals surface area contributed by atoms with Gasteiger partial charge in [-0.3, -0.25) is 0 Å². The quantitative estimate of drug-likeness (QED) is 0.726. The van der Waals surface area contributed by atoms with Gasteiger partial charge in [0, 0.05) is 4.47 Å². The number of aromatic nitrogens is 3. The Labute approximate surface area is 119 Å². The molecule has 0 spiro atoms. The zero-order valence-corrected chi connectivity index (χ0v) is 12.2. The summed E-state index contributed by atoms with van der Waals surface area (Å²) in [6.45, 7) is 2.04. The maximum Gasteiger partial charge on any atom is 0.119 e. The van der Waals surface area contributed by atoms with Crippen molar-refractivity contribution in [2.45, 2.75) is 6.92 Å². The summed E-state index contributed by atoms with van der Waals surface area (Å²) < 4.78 is 6.18. The van der Waals surface area contributed by atoms with Crippen LogP contribution in [0.5, 0.6) is 5.75 Å². The van der Waals surface area contributed by atoms with Gasteiger partial charge in [0.2, 0.25) is 0 Å². The molecular weight excluding hydrogens is 306 g/mol. The van der Waals surface area contributed by atoms with Crippen molar-refractivity contribution in [2.75, 3.05) is 7.11 Å². The van der Waals surface area contributed by atoms with Crippen LogP contribution < -0.4 is 4.74 Å². The molecule has 1 heterocycles. The highest BCUT2D eigenvalue weighted by Gasteiger charge is 2.07. The van der Waals surface area contributed by atoms with Gasteiger partial charge in [0.15, 0.2) is 0 Å². The molecule has 1 aromatic heterocycles. The van der Waals surface area contributed by atoms with E-state index in [0.717, 1.165) is 32.5 Å². The summed E-state index contributed by atoms with van der Waals surface area (Å²) in [6.07, 6.45) is 0. The minimum absolute atomic E-state index is 0.819. The molecule has 0 bridgehead atoms. The van der Waals surface area contributed by atoms with E-state index in [1.807, 2.05) is 43.3 Å². The lowest BCUT2D eigenvalue weighted by Crippen LogP contribution is -1.98. The van der Waals surface area contributed by atoms with E-state index in [1.54, 1.807) is 11.9 Å². The van der Waals surface area contributed by atoms with E-state index in [0.29, 0.717) is 0 Å². The minimum Gasteiger partial charge on any atom is -0.497 e. The summed E-state index contributed by atoms with van der Waals surface area (Å²) in [7, 11) is 1.65. The van der Waals surface area contributed by atoms with Crippen LogP contribution in [0, 0.1) is 6.92 Å². The molecule has 3 aromatic rings. The number of aryl methyl sites for hydroxylation is 1. The fourth-order valence-electron chi connectivity index (χ4n) is 1.87. The molecule has 4 nitrogen and oxygen atoms in total. The molecule has 0 aliphatic heterocycles. The first-order valence-corrected chi connectivity index (χ1v) is 6.64. The summed E-state index contributed by atoms with van der Waals surface area (Å²) in [5.41, 5.74) is 3.81. The summed E-state index contributed by atoms with van der Waals surface area (Å²) in [4.78, 5) is 1.63. The first-order chi connectivity index (χ1) is 9.17. The molecule has 0 radical (unpaired) electrons. The number of fused-ring (bicyclic) bond motifs is 1. The summed E-state index contributed by atoms with van der Waals surface area (Å²) in [6, 6.07) is 11.7. The van der Waals surface area contributed by atoms with Crippen LogP contribution in [-0.4, -0.2) is 22.1 Å². The van der Waals surface area contributed by atoms with Crippen LogP contribution in [-0.2, 0) is 0 Å². The highest BCUT2D eigenvalue weighted by atomic mass is 79.9. The Bertz CT molecular complexity index is 695. The zero-order chi connectivity index (χ0) is 13.4. The van der Waals surface area contributed by atoms with Crippen LogP contribution in [0.15, 0.2) is 40.9 Å². The predicted molar refractivity (Wildman–Crippen MR) is 77.9 cm³/mol. The average Bonchev–Trinajstić information content (AvgIpc) is 2.82. The molecule has 0 aliphatic carbocycles. The normalized spacial score (nSPS) is 10.9. The zero-order valence-electron chi connectivity index (χ0n) is 10.6. The molecule has 0 saturated carbocycles. The maximum atomic E-state index is 5.14. The topological polar surface area (TPSA) is 39.9 Å². The van der Waals surface area contributed by atoms with Crippen molar-refractivity contribution in [3.8, 4) is 11.4 Å². The SMILES string of the molecule is COc1ccc(-n2nc3cc(C)c(Br)cc3n2)cc1. The van der Waals surface area contributed by atoms with Gasteiger partial charge in [-0.25, -0.2) is 0 Å². The van der Waals surface area contributed by atoms with Gasteiger partial charge in [0.05, 0.1) is 12.8 Å². The molecule has 19 heavy (non-hydrogen) atoms. The van der Waals surface area contributed by atoms with Gasteiger partial charge < -0.3 is 4.74 Å². The number of rotatable bonds is 2. The second-order valence-corrected chi connectivity index (χ2v) is 5.13. The first-order valence-electron chi connectivity index (χ1n) is 5.85. The van der Waals surface area contributed by atoms with Crippen LogP contribution in [0.4, 0.5) is 0 Å². The smallest absolute Gasteiger partial charge is 0.119 e. The van der Waals surface area contributed by atoms with Crippen LogP contribution >= 0.6 is 15.9 Å². The number of hydrogen-bond acceptors (Lipinski definition) is 3. The van der Waals surface area contributed by atoms with Crippen LogP contribution in [0.25, 0.3) is 16.7 Å². The third-order valence-corrected chi connectivity index (χ3v) is 3.82.